The van der Waals surface area contributed by atoms with Crippen LogP contribution < -0.4 is 5.73 Å². The van der Waals surface area contributed by atoms with Crippen LogP contribution in [0, 0.1) is 0 Å². The summed E-state index contributed by atoms with van der Waals surface area (Å²) in [6.45, 7) is -0.856. The van der Waals surface area contributed by atoms with Crippen LogP contribution in [0.3, 0.4) is 0 Å². The molecule has 1 rings (SSSR count). The Hall–Kier alpha value is -1.04. The molecule has 0 fully saturated rings. The molecule has 0 bridgehead atoms. The van der Waals surface area contributed by atoms with Gasteiger partial charge in [0.25, 0.3) is 0 Å². The quantitative estimate of drug-likeness (QED) is 0.733. The van der Waals surface area contributed by atoms with Crippen molar-refractivity contribution in [3.63, 3.8) is 0 Å². The molecule has 0 aliphatic rings. The van der Waals surface area contributed by atoms with Crippen LogP contribution in [0.1, 0.15) is 5.56 Å². The number of halogens is 3. The summed E-state index contributed by atoms with van der Waals surface area (Å²) in [5.74, 6) is 0. The number of nitrogens with two attached hydrogens (primary N) is 1. The van der Waals surface area contributed by atoms with Crippen molar-refractivity contribution in [2.45, 2.75) is 19.3 Å². The topological polar surface area (TPSA) is 43.8 Å². The Morgan fingerprint density at radius 1 is 1.50 bits per heavy atom. The molecule has 1 aromatic rings. The van der Waals surface area contributed by atoms with Gasteiger partial charge in [-0.1, -0.05) is 0 Å². The van der Waals surface area contributed by atoms with Gasteiger partial charge in [0.1, 0.15) is 6.54 Å². The van der Waals surface area contributed by atoms with Crippen LogP contribution in [-0.4, -0.2) is 16.0 Å². The summed E-state index contributed by atoms with van der Waals surface area (Å²) >= 11 is 0. The maximum Gasteiger partial charge on any atom is 0.408 e. The minimum atomic E-state index is -4.22. The highest BCUT2D eigenvalue weighted by Gasteiger charge is 2.28. The summed E-state index contributed by atoms with van der Waals surface area (Å²) in [5, 5.41) is 3.49. The summed E-state index contributed by atoms with van der Waals surface area (Å²) in [6, 6.07) is 0. The summed E-state index contributed by atoms with van der Waals surface area (Å²) in [7, 11) is 0. The van der Waals surface area contributed by atoms with Gasteiger partial charge in [0.2, 0.25) is 0 Å². The highest BCUT2D eigenvalue weighted by atomic mass is 19.4. The Bertz CT molecular complexity index is 253. The van der Waals surface area contributed by atoms with Crippen molar-refractivity contribution < 1.29 is 13.2 Å². The fraction of sp³-hybridized carbons (Fsp3) is 0.500. The van der Waals surface area contributed by atoms with Gasteiger partial charge < -0.3 is 5.73 Å². The molecule has 6 heteroatoms. The standard InChI is InChI=1S/C6H8F3N3/c7-6(8,9)4-12-3-5(1-10)2-11-12/h2-3H,1,4,10H2. The summed E-state index contributed by atoms with van der Waals surface area (Å²) in [6.07, 6.45) is -1.61. The zero-order valence-electron chi connectivity index (χ0n) is 6.17. The van der Waals surface area contributed by atoms with Gasteiger partial charge in [0.05, 0.1) is 6.20 Å². The maximum atomic E-state index is 11.8. The van der Waals surface area contributed by atoms with Crippen LogP contribution in [0.15, 0.2) is 12.4 Å². The lowest BCUT2D eigenvalue weighted by atomic mass is 10.4. The molecule has 12 heavy (non-hydrogen) atoms. The van der Waals surface area contributed by atoms with E-state index < -0.39 is 12.7 Å². The van der Waals surface area contributed by atoms with E-state index in [1.54, 1.807) is 0 Å². The highest BCUT2D eigenvalue weighted by molar-refractivity contribution is 5.02. The largest absolute Gasteiger partial charge is 0.408 e. The first-order valence-electron chi connectivity index (χ1n) is 3.29. The molecule has 3 nitrogen and oxygen atoms in total. The van der Waals surface area contributed by atoms with E-state index >= 15 is 0 Å². The molecule has 0 aliphatic heterocycles. The first-order valence-corrected chi connectivity index (χ1v) is 3.29. The van der Waals surface area contributed by atoms with E-state index in [4.69, 9.17) is 5.73 Å². The summed E-state index contributed by atoms with van der Waals surface area (Å²) in [4.78, 5) is 0. The lowest BCUT2D eigenvalue weighted by molar-refractivity contribution is -0.142. The molecule has 1 heterocycles. The monoisotopic (exact) mass is 179 g/mol. The number of hydrogen-bond acceptors (Lipinski definition) is 2. The van der Waals surface area contributed by atoms with Crippen molar-refractivity contribution in [2.75, 3.05) is 0 Å². The van der Waals surface area contributed by atoms with Crippen LogP contribution in [0.4, 0.5) is 13.2 Å². The van der Waals surface area contributed by atoms with Gasteiger partial charge in [-0.3, -0.25) is 4.68 Å². The molecule has 0 aromatic carbocycles. The van der Waals surface area contributed by atoms with E-state index in [0.29, 0.717) is 5.56 Å². The van der Waals surface area contributed by atoms with E-state index in [2.05, 4.69) is 5.10 Å². The van der Waals surface area contributed by atoms with E-state index in [1.807, 2.05) is 0 Å². The van der Waals surface area contributed by atoms with Crippen LogP contribution in [-0.2, 0) is 13.1 Å². The van der Waals surface area contributed by atoms with E-state index in [9.17, 15) is 13.2 Å². The smallest absolute Gasteiger partial charge is 0.326 e. The molecule has 0 saturated heterocycles. The second-order valence-electron chi connectivity index (χ2n) is 2.37. The lowest BCUT2D eigenvalue weighted by Crippen LogP contribution is -2.17. The fourth-order valence-corrected chi connectivity index (χ4v) is 0.782. The molecule has 0 unspecified atom stereocenters. The van der Waals surface area contributed by atoms with Crippen LogP contribution >= 0.6 is 0 Å². The van der Waals surface area contributed by atoms with E-state index in [1.165, 1.54) is 12.4 Å². The number of rotatable bonds is 2. The van der Waals surface area contributed by atoms with Gasteiger partial charge >= 0.3 is 6.18 Å². The first-order chi connectivity index (χ1) is 5.51. The summed E-state index contributed by atoms with van der Waals surface area (Å²) < 4.78 is 36.1. The van der Waals surface area contributed by atoms with Gasteiger partial charge in [-0.25, -0.2) is 0 Å². The minimum Gasteiger partial charge on any atom is -0.326 e. The molecule has 0 amide bonds. The molecule has 1 aromatic heterocycles. The van der Waals surface area contributed by atoms with E-state index in [0.717, 1.165) is 4.68 Å². The van der Waals surface area contributed by atoms with Crippen LogP contribution in [0.5, 0.6) is 0 Å². The molecule has 2 N–H and O–H groups in total. The number of aromatic nitrogens is 2. The van der Waals surface area contributed by atoms with Gasteiger partial charge in [-0.2, -0.15) is 18.3 Å². The predicted molar refractivity (Wildman–Crippen MR) is 36.2 cm³/mol. The Balaban J connectivity index is 2.64. The third-order valence-corrected chi connectivity index (χ3v) is 1.26. The van der Waals surface area contributed by atoms with Gasteiger partial charge in [-0.15, -0.1) is 0 Å². The molecule has 0 aliphatic carbocycles. The molecule has 68 valence electrons. The third kappa shape index (κ3) is 2.54. The average Bonchev–Trinajstić information content (AvgIpc) is 2.32. The Kier molecular flexibility index (Phi) is 2.37. The maximum absolute atomic E-state index is 11.8. The Morgan fingerprint density at radius 2 is 2.17 bits per heavy atom. The SMILES string of the molecule is NCc1cnn(CC(F)(F)F)c1. The van der Waals surface area contributed by atoms with Crippen molar-refractivity contribution in [1.82, 2.24) is 9.78 Å². The lowest BCUT2D eigenvalue weighted by Gasteiger charge is -2.04. The van der Waals surface area contributed by atoms with Crippen LogP contribution in [0.2, 0.25) is 0 Å². The second-order valence-corrected chi connectivity index (χ2v) is 2.37. The Labute approximate surface area is 67.0 Å². The molecule has 0 saturated carbocycles. The number of hydrogen-bond donors (Lipinski definition) is 1. The Morgan fingerprint density at radius 3 is 2.58 bits per heavy atom. The van der Waals surface area contributed by atoms with Crippen LogP contribution in [0.25, 0.3) is 0 Å². The predicted octanol–water partition coefficient (Wildman–Crippen LogP) is 0.904. The molecular weight excluding hydrogens is 171 g/mol. The zero-order valence-corrected chi connectivity index (χ0v) is 6.17. The van der Waals surface area contributed by atoms with Crippen molar-refractivity contribution in [3.8, 4) is 0 Å². The molecule has 0 spiro atoms. The van der Waals surface area contributed by atoms with Gasteiger partial charge in [-0.05, 0) is 0 Å². The fourth-order valence-electron chi connectivity index (χ4n) is 0.782. The zero-order chi connectivity index (χ0) is 9.19. The first kappa shape index (κ1) is 9.05. The second kappa shape index (κ2) is 3.14. The van der Waals surface area contributed by atoms with Gasteiger partial charge in [0.15, 0.2) is 0 Å². The number of nitrogens with zero attached hydrogens (tertiary/aromatic N) is 2. The third-order valence-electron chi connectivity index (χ3n) is 1.26. The molecule has 0 radical (unpaired) electrons. The highest BCUT2D eigenvalue weighted by Crippen LogP contribution is 2.16. The molecule has 0 atom stereocenters. The minimum absolute atomic E-state index is 0.206. The number of alkyl halides is 3. The van der Waals surface area contributed by atoms with Crippen molar-refractivity contribution >= 4 is 0 Å². The van der Waals surface area contributed by atoms with Crippen molar-refractivity contribution in [2.24, 2.45) is 5.73 Å². The normalized spacial score (nSPS) is 12.0. The average molecular weight is 179 g/mol. The molecular formula is C6H8F3N3. The van der Waals surface area contributed by atoms with E-state index in [-0.39, 0.29) is 6.54 Å². The summed E-state index contributed by atoms with van der Waals surface area (Å²) in [5.41, 5.74) is 5.79. The van der Waals surface area contributed by atoms with Crippen molar-refractivity contribution in [1.29, 1.82) is 0 Å². The van der Waals surface area contributed by atoms with Crippen molar-refractivity contribution in [3.05, 3.63) is 18.0 Å². The van der Waals surface area contributed by atoms with Gasteiger partial charge in [0, 0.05) is 18.3 Å².